The molecule has 0 saturated heterocycles. The van der Waals surface area contributed by atoms with Gasteiger partial charge in [-0.25, -0.2) is 0 Å². The highest BCUT2D eigenvalue weighted by Gasteiger charge is 2.30. The molecule has 5 rings (SSSR count). The van der Waals surface area contributed by atoms with Gasteiger partial charge in [-0.15, -0.1) is 0 Å². The molecular weight excluding hydrogens is 439 g/mol. The van der Waals surface area contributed by atoms with Crippen molar-refractivity contribution in [3.63, 3.8) is 0 Å². The van der Waals surface area contributed by atoms with E-state index in [-0.39, 0.29) is 11.9 Å². The number of hydrogen-bond acceptors (Lipinski definition) is 2. The minimum Gasteiger partial charge on any atom is -0.345 e. The maximum atomic E-state index is 13.0. The molecule has 0 spiro atoms. The zero-order valence-electron chi connectivity index (χ0n) is 18.1. The van der Waals surface area contributed by atoms with Gasteiger partial charge in [-0.3, -0.25) is 9.89 Å². The number of rotatable bonds is 4. The SMILES string of the molecule is CC(NC(=O)c1ccc2c(-c3ccc(C(F)(F)F)cc3)cccc2c1)c1cccc2cn[nH]c12. The summed E-state index contributed by atoms with van der Waals surface area (Å²) >= 11 is 0. The summed E-state index contributed by atoms with van der Waals surface area (Å²) in [6.45, 7) is 1.91. The third-order valence-corrected chi connectivity index (χ3v) is 5.99. The van der Waals surface area contributed by atoms with E-state index in [1.54, 1.807) is 18.3 Å². The molecule has 170 valence electrons. The minimum atomic E-state index is -4.38. The van der Waals surface area contributed by atoms with Crippen molar-refractivity contribution in [2.24, 2.45) is 0 Å². The second kappa shape index (κ2) is 8.33. The Kier molecular flexibility index (Phi) is 5.32. The Morgan fingerprint density at radius 2 is 1.68 bits per heavy atom. The monoisotopic (exact) mass is 459 g/mol. The number of fused-ring (bicyclic) bond motifs is 2. The lowest BCUT2D eigenvalue weighted by Gasteiger charge is -2.16. The fourth-order valence-corrected chi connectivity index (χ4v) is 4.23. The lowest BCUT2D eigenvalue weighted by Crippen LogP contribution is -2.26. The molecule has 1 aromatic heterocycles. The molecule has 4 aromatic carbocycles. The molecule has 2 N–H and O–H groups in total. The summed E-state index contributed by atoms with van der Waals surface area (Å²) in [7, 11) is 0. The number of aromatic nitrogens is 2. The van der Waals surface area contributed by atoms with E-state index in [4.69, 9.17) is 0 Å². The van der Waals surface area contributed by atoms with E-state index >= 15 is 0 Å². The minimum absolute atomic E-state index is 0.217. The third-order valence-electron chi connectivity index (χ3n) is 5.99. The molecule has 0 aliphatic carbocycles. The number of halogens is 3. The second-order valence-electron chi connectivity index (χ2n) is 8.19. The summed E-state index contributed by atoms with van der Waals surface area (Å²) in [5.74, 6) is -0.217. The third kappa shape index (κ3) is 4.01. The fraction of sp³-hybridized carbons (Fsp3) is 0.111. The number of H-pyrrole nitrogens is 1. The molecule has 4 nitrogen and oxygen atoms in total. The van der Waals surface area contributed by atoms with Crippen LogP contribution in [0.4, 0.5) is 13.2 Å². The second-order valence-corrected chi connectivity index (χ2v) is 8.19. The van der Waals surface area contributed by atoms with Crippen LogP contribution in [0.3, 0.4) is 0 Å². The predicted octanol–water partition coefficient (Wildman–Crippen LogP) is 6.89. The van der Waals surface area contributed by atoms with E-state index in [9.17, 15) is 18.0 Å². The molecule has 1 atom stereocenters. The largest absolute Gasteiger partial charge is 0.416 e. The first-order valence-electron chi connectivity index (χ1n) is 10.7. The highest BCUT2D eigenvalue weighted by molar-refractivity contribution is 6.03. The molecule has 1 heterocycles. The van der Waals surface area contributed by atoms with E-state index in [2.05, 4.69) is 15.5 Å². The van der Waals surface area contributed by atoms with Crippen LogP contribution in [0.15, 0.2) is 85.1 Å². The molecule has 0 radical (unpaired) electrons. The van der Waals surface area contributed by atoms with Crippen LogP contribution in [-0.4, -0.2) is 16.1 Å². The van der Waals surface area contributed by atoms with E-state index in [0.29, 0.717) is 11.1 Å². The number of amides is 1. The predicted molar refractivity (Wildman–Crippen MR) is 126 cm³/mol. The normalized spacial score (nSPS) is 12.7. The number of nitrogens with one attached hydrogen (secondary N) is 2. The van der Waals surface area contributed by atoms with Crippen molar-refractivity contribution in [3.8, 4) is 11.1 Å². The van der Waals surface area contributed by atoms with Crippen LogP contribution in [0.5, 0.6) is 0 Å². The molecule has 0 bridgehead atoms. The smallest absolute Gasteiger partial charge is 0.345 e. The van der Waals surface area contributed by atoms with Crippen LogP contribution >= 0.6 is 0 Å². The standard InChI is InChI=1S/C27H20F3N3O/c1-16(22-6-3-5-20-15-31-33-25(20)22)32-26(34)19-10-13-24-18(14-19)4-2-7-23(24)17-8-11-21(12-9-17)27(28,29)30/h2-16H,1H3,(H,31,33)(H,32,34). The van der Waals surface area contributed by atoms with Gasteiger partial charge in [0.15, 0.2) is 0 Å². The zero-order valence-corrected chi connectivity index (χ0v) is 18.1. The lowest BCUT2D eigenvalue weighted by molar-refractivity contribution is -0.137. The van der Waals surface area contributed by atoms with Crippen molar-refractivity contribution < 1.29 is 18.0 Å². The number of alkyl halides is 3. The van der Waals surface area contributed by atoms with Gasteiger partial charge in [0, 0.05) is 10.9 Å². The Labute approximate surface area is 193 Å². The van der Waals surface area contributed by atoms with Crippen molar-refractivity contribution in [2.45, 2.75) is 19.1 Å². The topological polar surface area (TPSA) is 57.8 Å². The number of para-hydroxylation sites is 1. The first kappa shape index (κ1) is 21.7. The number of hydrogen-bond donors (Lipinski definition) is 2. The number of nitrogens with zero attached hydrogens (tertiary/aromatic N) is 1. The quantitative estimate of drug-likeness (QED) is 0.307. The molecule has 0 fully saturated rings. The van der Waals surface area contributed by atoms with E-state index in [1.807, 2.05) is 49.4 Å². The Balaban J connectivity index is 1.42. The molecule has 7 heteroatoms. The summed E-state index contributed by atoms with van der Waals surface area (Å²) in [4.78, 5) is 13.0. The van der Waals surface area contributed by atoms with Gasteiger partial charge in [-0.1, -0.05) is 54.6 Å². The molecule has 1 unspecified atom stereocenters. The molecule has 0 aliphatic rings. The van der Waals surface area contributed by atoms with Gasteiger partial charge < -0.3 is 5.32 Å². The van der Waals surface area contributed by atoms with Crippen LogP contribution in [0.25, 0.3) is 32.8 Å². The Bertz CT molecular complexity index is 1500. The fourth-order valence-electron chi connectivity index (χ4n) is 4.23. The highest BCUT2D eigenvalue weighted by Crippen LogP contribution is 2.33. The molecule has 34 heavy (non-hydrogen) atoms. The van der Waals surface area contributed by atoms with Gasteiger partial charge in [-0.2, -0.15) is 18.3 Å². The summed E-state index contributed by atoms with van der Waals surface area (Å²) in [6, 6.07) is 21.6. The Hall–Kier alpha value is -4.13. The van der Waals surface area contributed by atoms with Crippen molar-refractivity contribution in [1.29, 1.82) is 0 Å². The van der Waals surface area contributed by atoms with Crippen LogP contribution in [0, 0.1) is 0 Å². The van der Waals surface area contributed by atoms with E-state index in [0.717, 1.165) is 44.9 Å². The van der Waals surface area contributed by atoms with E-state index in [1.165, 1.54) is 12.1 Å². The van der Waals surface area contributed by atoms with Gasteiger partial charge in [0.2, 0.25) is 0 Å². The van der Waals surface area contributed by atoms with Crippen LogP contribution in [0.1, 0.15) is 34.5 Å². The van der Waals surface area contributed by atoms with E-state index < -0.39 is 11.7 Å². The molecule has 0 aliphatic heterocycles. The Morgan fingerprint density at radius 1 is 0.941 bits per heavy atom. The first-order valence-corrected chi connectivity index (χ1v) is 10.7. The van der Waals surface area contributed by atoms with Crippen molar-refractivity contribution in [3.05, 3.63) is 102 Å². The van der Waals surface area contributed by atoms with Gasteiger partial charge >= 0.3 is 6.18 Å². The van der Waals surface area contributed by atoms with Crippen molar-refractivity contribution in [2.75, 3.05) is 0 Å². The maximum Gasteiger partial charge on any atom is 0.416 e. The average molecular weight is 459 g/mol. The van der Waals surface area contributed by atoms with Gasteiger partial charge in [-0.05, 0) is 58.7 Å². The summed E-state index contributed by atoms with van der Waals surface area (Å²) in [5.41, 5.74) is 3.12. The first-order chi connectivity index (χ1) is 16.3. The number of benzene rings is 4. The highest BCUT2D eigenvalue weighted by atomic mass is 19.4. The Morgan fingerprint density at radius 3 is 2.44 bits per heavy atom. The summed E-state index contributed by atoms with van der Waals surface area (Å²) in [5, 5.41) is 12.7. The number of carbonyl (C=O) groups is 1. The lowest BCUT2D eigenvalue weighted by atomic mass is 9.96. The molecule has 5 aromatic rings. The number of aromatic amines is 1. The van der Waals surface area contributed by atoms with Crippen LogP contribution < -0.4 is 5.32 Å². The van der Waals surface area contributed by atoms with Gasteiger partial charge in [0.05, 0.1) is 23.3 Å². The molecular formula is C27H20F3N3O. The van der Waals surface area contributed by atoms with Gasteiger partial charge in [0.25, 0.3) is 5.91 Å². The maximum absolute atomic E-state index is 13.0. The summed E-state index contributed by atoms with van der Waals surface area (Å²) in [6.07, 6.45) is -2.63. The van der Waals surface area contributed by atoms with Crippen LogP contribution in [0.2, 0.25) is 0 Å². The number of carbonyl (C=O) groups excluding carboxylic acids is 1. The van der Waals surface area contributed by atoms with Crippen molar-refractivity contribution in [1.82, 2.24) is 15.5 Å². The van der Waals surface area contributed by atoms with Crippen molar-refractivity contribution >= 4 is 27.6 Å². The molecule has 0 saturated carbocycles. The van der Waals surface area contributed by atoms with Crippen LogP contribution in [-0.2, 0) is 6.18 Å². The summed E-state index contributed by atoms with van der Waals surface area (Å²) < 4.78 is 38.7. The van der Waals surface area contributed by atoms with Gasteiger partial charge in [0.1, 0.15) is 0 Å². The zero-order chi connectivity index (χ0) is 23.9. The molecule has 1 amide bonds. The average Bonchev–Trinajstić information content (AvgIpc) is 3.32.